The molecule has 4 heteroatoms. The first-order valence-electron chi connectivity index (χ1n) is 5.54. The Morgan fingerprint density at radius 2 is 2.06 bits per heavy atom. The first-order chi connectivity index (χ1) is 8.58. The summed E-state index contributed by atoms with van der Waals surface area (Å²) in [6.45, 7) is 2.45. The standard InChI is InChI=1S/C14H13BrClNO/c1-9-3-2-4-10(14(9)18)8-17-13-6-5-11(16)7-12(13)15/h2-7,17-18H,8H2,1H3. The lowest BCUT2D eigenvalue weighted by Crippen LogP contribution is -2.00. The fourth-order valence-corrected chi connectivity index (χ4v) is 2.51. The zero-order valence-electron chi connectivity index (χ0n) is 9.87. The van der Waals surface area contributed by atoms with Crippen LogP contribution in [0.15, 0.2) is 40.9 Å². The minimum Gasteiger partial charge on any atom is -0.507 e. The smallest absolute Gasteiger partial charge is 0.123 e. The van der Waals surface area contributed by atoms with Crippen LogP contribution in [-0.4, -0.2) is 5.11 Å². The Morgan fingerprint density at radius 1 is 1.28 bits per heavy atom. The van der Waals surface area contributed by atoms with Gasteiger partial charge in [-0.1, -0.05) is 29.8 Å². The zero-order chi connectivity index (χ0) is 13.1. The van der Waals surface area contributed by atoms with Crippen LogP contribution in [0.3, 0.4) is 0 Å². The van der Waals surface area contributed by atoms with Gasteiger partial charge in [0.25, 0.3) is 0 Å². The lowest BCUT2D eigenvalue weighted by atomic mass is 10.1. The van der Waals surface area contributed by atoms with Crippen LogP contribution >= 0.6 is 27.5 Å². The Balaban J connectivity index is 2.14. The maximum absolute atomic E-state index is 9.92. The lowest BCUT2D eigenvalue weighted by molar-refractivity contribution is 0.465. The summed E-state index contributed by atoms with van der Waals surface area (Å²) in [4.78, 5) is 0. The third-order valence-electron chi connectivity index (χ3n) is 2.72. The maximum Gasteiger partial charge on any atom is 0.123 e. The Morgan fingerprint density at radius 3 is 2.78 bits per heavy atom. The molecule has 0 aromatic heterocycles. The normalized spacial score (nSPS) is 10.4. The molecule has 0 radical (unpaired) electrons. The monoisotopic (exact) mass is 325 g/mol. The molecule has 2 rings (SSSR count). The van der Waals surface area contributed by atoms with Gasteiger partial charge in [0, 0.05) is 27.3 Å². The van der Waals surface area contributed by atoms with Crippen molar-refractivity contribution in [2.24, 2.45) is 0 Å². The van der Waals surface area contributed by atoms with Gasteiger partial charge >= 0.3 is 0 Å². The molecule has 0 aliphatic rings. The fraction of sp³-hybridized carbons (Fsp3) is 0.143. The van der Waals surface area contributed by atoms with Crippen LogP contribution in [0, 0.1) is 6.92 Å². The van der Waals surface area contributed by atoms with E-state index in [4.69, 9.17) is 11.6 Å². The first-order valence-corrected chi connectivity index (χ1v) is 6.71. The predicted molar refractivity (Wildman–Crippen MR) is 79.3 cm³/mol. The van der Waals surface area contributed by atoms with Crippen molar-refractivity contribution in [1.29, 1.82) is 0 Å². The Bertz CT molecular complexity index is 572. The fourth-order valence-electron chi connectivity index (χ4n) is 1.69. The molecule has 0 saturated heterocycles. The minimum absolute atomic E-state index is 0.343. The molecule has 0 fully saturated rings. The van der Waals surface area contributed by atoms with Gasteiger partial charge in [-0.2, -0.15) is 0 Å². The molecule has 0 unspecified atom stereocenters. The summed E-state index contributed by atoms with van der Waals surface area (Å²) in [5.41, 5.74) is 2.70. The van der Waals surface area contributed by atoms with Gasteiger partial charge in [-0.3, -0.25) is 0 Å². The molecule has 0 atom stereocenters. The number of phenols is 1. The van der Waals surface area contributed by atoms with Gasteiger partial charge in [-0.25, -0.2) is 0 Å². The van der Waals surface area contributed by atoms with Gasteiger partial charge in [-0.15, -0.1) is 0 Å². The van der Waals surface area contributed by atoms with Crippen LogP contribution < -0.4 is 5.32 Å². The highest BCUT2D eigenvalue weighted by atomic mass is 79.9. The van der Waals surface area contributed by atoms with E-state index in [9.17, 15) is 5.11 Å². The number of para-hydroxylation sites is 1. The van der Waals surface area contributed by atoms with Gasteiger partial charge in [0.1, 0.15) is 5.75 Å². The summed E-state index contributed by atoms with van der Waals surface area (Å²) in [5.74, 6) is 0.343. The minimum atomic E-state index is 0.343. The summed E-state index contributed by atoms with van der Waals surface area (Å²) < 4.78 is 0.905. The molecule has 0 bridgehead atoms. The number of aromatic hydroxyl groups is 1. The molecule has 0 aliphatic carbocycles. The predicted octanol–water partition coefficient (Wildman–Crippen LogP) is 4.73. The van der Waals surface area contributed by atoms with Crippen LogP contribution in [0.25, 0.3) is 0 Å². The second-order valence-electron chi connectivity index (χ2n) is 4.06. The number of benzene rings is 2. The molecule has 2 aromatic carbocycles. The third-order valence-corrected chi connectivity index (χ3v) is 3.61. The van der Waals surface area contributed by atoms with Crippen molar-refractivity contribution in [2.45, 2.75) is 13.5 Å². The van der Waals surface area contributed by atoms with Crippen LogP contribution in [0.4, 0.5) is 5.69 Å². The SMILES string of the molecule is Cc1cccc(CNc2ccc(Cl)cc2Br)c1O. The molecule has 2 aromatic rings. The molecule has 0 amide bonds. The summed E-state index contributed by atoms with van der Waals surface area (Å²) in [5, 5.41) is 13.9. The van der Waals surface area contributed by atoms with Gasteiger partial charge < -0.3 is 10.4 Å². The molecule has 18 heavy (non-hydrogen) atoms. The second kappa shape index (κ2) is 5.63. The second-order valence-corrected chi connectivity index (χ2v) is 5.35. The number of rotatable bonds is 3. The van der Waals surface area contributed by atoms with E-state index in [0.717, 1.165) is 21.3 Å². The molecule has 0 spiro atoms. The number of anilines is 1. The third kappa shape index (κ3) is 2.98. The molecule has 0 heterocycles. The molecular formula is C14H13BrClNO. The highest BCUT2D eigenvalue weighted by Crippen LogP contribution is 2.28. The maximum atomic E-state index is 9.92. The average Bonchev–Trinajstić information content (AvgIpc) is 2.33. The van der Waals surface area contributed by atoms with Gasteiger partial charge in [0.15, 0.2) is 0 Å². The summed E-state index contributed by atoms with van der Waals surface area (Å²) >= 11 is 9.33. The van der Waals surface area contributed by atoms with Crippen LogP contribution in [0.5, 0.6) is 5.75 Å². The van der Waals surface area contributed by atoms with Crippen molar-refractivity contribution >= 4 is 33.2 Å². The van der Waals surface area contributed by atoms with E-state index in [1.807, 2.05) is 43.3 Å². The van der Waals surface area contributed by atoms with Crippen molar-refractivity contribution in [2.75, 3.05) is 5.32 Å². The van der Waals surface area contributed by atoms with E-state index in [-0.39, 0.29) is 0 Å². The lowest BCUT2D eigenvalue weighted by Gasteiger charge is -2.11. The quantitative estimate of drug-likeness (QED) is 0.854. The van der Waals surface area contributed by atoms with E-state index in [1.54, 1.807) is 0 Å². The Hall–Kier alpha value is -1.19. The van der Waals surface area contributed by atoms with Crippen molar-refractivity contribution < 1.29 is 5.11 Å². The topological polar surface area (TPSA) is 32.3 Å². The summed E-state index contributed by atoms with van der Waals surface area (Å²) in [7, 11) is 0. The van der Waals surface area contributed by atoms with Crippen molar-refractivity contribution in [1.82, 2.24) is 0 Å². The van der Waals surface area contributed by atoms with Gasteiger partial charge in [-0.05, 0) is 46.6 Å². The van der Waals surface area contributed by atoms with Crippen LogP contribution in [-0.2, 0) is 6.54 Å². The van der Waals surface area contributed by atoms with Crippen LogP contribution in [0.2, 0.25) is 5.02 Å². The van der Waals surface area contributed by atoms with E-state index in [1.165, 1.54) is 0 Å². The summed E-state index contributed by atoms with van der Waals surface area (Å²) in [6, 6.07) is 11.3. The number of halogens is 2. The summed E-state index contributed by atoms with van der Waals surface area (Å²) in [6.07, 6.45) is 0. The highest BCUT2D eigenvalue weighted by Gasteiger charge is 2.05. The molecule has 2 nitrogen and oxygen atoms in total. The molecule has 94 valence electrons. The average molecular weight is 327 g/mol. The van der Waals surface area contributed by atoms with Gasteiger partial charge in [0.05, 0.1) is 0 Å². The highest BCUT2D eigenvalue weighted by molar-refractivity contribution is 9.10. The first kappa shape index (κ1) is 13.2. The van der Waals surface area contributed by atoms with E-state index >= 15 is 0 Å². The van der Waals surface area contributed by atoms with Crippen molar-refractivity contribution in [3.8, 4) is 5.75 Å². The molecular weight excluding hydrogens is 314 g/mol. The molecule has 0 saturated carbocycles. The number of nitrogens with one attached hydrogen (secondary N) is 1. The van der Waals surface area contributed by atoms with E-state index < -0.39 is 0 Å². The van der Waals surface area contributed by atoms with Gasteiger partial charge in [0.2, 0.25) is 0 Å². The van der Waals surface area contributed by atoms with Crippen molar-refractivity contribution in [3.63, 3.8) is 0 Å². The van der Waals surface area contributed by atoms with Crippen molar-refractivity contribution in [3.05, 3.63) is 57.0 Å². The molecule has 2 N–H and O–H groups in total. The largest absolute Gasteiger partial charge is 0.507 e. The van der Waals surface area contributed by atoms with E-state index in [2.05, 4.69) is 21.2 Å². The zero-order valence-corrected chi connectivity index (χ0v) is 12.2. The number of phenolic OH excluding ortho intramolecular Hbond substituents is 1. The van der Waals surface area contributed by atoms with E-state index in [0.29, 0.717) is 17.3 Å². The Kier molecular flexibility index (Phi) is 4.15. The Labute approximate surface area is 120 Å². The number of hydrogen-bond acceptors (Lipinski definition) is 2. The molecule has 0 aliphatic heterocycles. The van der Waals surface area contributed by atoms with Crippen LogP contribution in [0.1, 0.15) is 11.1 Å². The number of aryl methyl sites for hydroxylation is 1. The number of hydrogen-bond donors (Lipinski definition) is 2.